The zero-order valence-corrected chi connectivity index (χ0v) is 13.3. The average Bonchev–Trinajstić information content (AvgIpc) is 2.81. The van der Waals surface area contributed by atoms with E-state index in [0.717, 1.165) is 24.9 Å². The lowest BCUT2D eigenvalue weighted by Gasteiger charge is -2.37. The molecule has 0 saturated carbocycles. The number of hydrogen-bond donors (Lipinski definition) is 1. The Labute approximate surface area is 131 Å². The molecule has 0 aliphatic carbocycles. The number of likely N-dealkylation sites (N-methyl/N-ethyl adjacent to an activating group) is 1. The second-order valence-electron chi connectivity index (χ2n) is 6.25. The zero-order chi connectivity index (χ0) is 14.8. The third-order valence-corrected chi connectivity index (χ3v) is 5.07. The lowest BCUT2D eigenvalue weighted by Crippen LogP contribution is -2.50. The number of benzene rings is 1. The van der Waals surface area contributed by atoms with Crippen molar-refractivity contribution in [1.82, 2.24) is 10.2 Å². The van der Waals surface area contributed by atoms with Crippen molar-refractivity contribution in [2.45, 2.75) is 57.2 Å². The molecule has 0 spiro atoms. The number of rotatable bonds is 4. The third-order valence-electron chi connectivity index (χ3n) is 4.82. The number of amides is 1. The highest BCUT2D eigenvalue weighted by molar-refractivity contribution is 6.30. The molecule has 2 bridgehead atoms. The molecule has 1 N–H and O–H groups in total. The summed E-state index contributed by atoms with van der Waals surface area (Å²) in [5, 5.41) is 4.36. The van der Waals surface area contributed by atoms with Crippen LogP contribution in [0.25, 0.3) is 0 Å². The molecule has 3 nitrogen and oxygen atoms in total. The van der Waals surface area contributed by atoms with Crippen LogP contribution in [0.1, 0.15) is 38.2 Å². The van der Waals surface area contributed by atoms with Crippen LogP contribution in [0.4, 0.5) is 0 Å². The van der Waals surface area contributed by atoms with E-state index in [1.165, 1.54) is 12.8 Å². The minimum absolute atomic E-state index is 0.242. The Kier molecular flexibility index (Phi) is 4.51. The summed E-state index contributed by atoms with van der Waals surface area (Å²) >= 11 is 5.90. The van der Waals surface area contributed by atoms with Gasteiger partial charge in [0.1, 0.15) is 0 Å². The van der Waals surface area contributed by atoms with Gasteiger partial charge in [0.2, 0.25) is 5.91 Å². The fraction of sp³-hybridized carbons (Fsp3) is 0.588. The van der Waals surface area contributed by atoms with Gasteiger partial charge in [-0.05, 0) is 50.3 Å². The standard InChI is InChI=1S/C17H23ClN2O/c1-2-20(16-10-14-7-8-15(11-16)19-14)17(21)9-12-3-5-13(18)6-4-12/h3-6,14-16,19H,2,7-11H2,1H3. The summed E-state index contributed by atoms with van der Waals surface area (Å²) in [6, 6.07) is 9.24. The molecule has 2 aliphatic heterocycles. The Hall–Kier alpha value is -1.06. The predicted molar refractivity (Wildman–Crippen MR) is 85.5 cm³/mol. The molecule has 2 heterocycles. The molecule has 1 amide bonds. The topological polar surface area (TPSA) is 32.3 Å². The van der Waals surface area contributed by atoms with E-state index < -0.39 is 0 Å². The van der Waals surface area contributed by atoms with Gasteiger partial charge in [-0.1, -0.05) is 23.7 Å². The van der Waals surface area contributed by atoms with Gasteiger partial charge >= 0.3 is 0 Å². The zero-order valence-electron chi connectivity index (χ0n) is 12.5. The van der Waals surface area contributed by atoms with E-state index in [1.54, 1.807) is 0 Å². The number of halogens is 1. The second-order valence-corrected chi connectivity index (χ2v) is 6.68. The van der Waals surface area contributed by atoms with Crippen molar-refractivity contribution in [3.63, 3.8) is 0 Å². The summed E-state index contributed by atoms with van der Waals surface area (Å²) in [5.41, 5.74) is 1.04. The highest BCUT2D eigenvalue weighted by atomic mass is 35.5. The van der Waals surface area contributed by atoms with E-state index in [9.17, 15) is 4.79 Å². The molecule has 0 aromatic heterocycles. The van der Waals surface area contributed by atoms with Crippen LogP contribution in [-0.4, -0.2) is 35.5 Å². The van der Waals surface area contributed by atoms with Crippen LogP contribution in [0.3, 0.4) is 0 Å². The number of nitrogens with zero attached hydrogens (tertiary/aromatic N) is 1. The monoisotopic (exact) mass is 306 g/mol. The van der Waals surface area contributed by atoms with Crippen molar-refractivity contribution in [1.29, 1.82) is 0 Å². The molecule has 2 unspecified atom stereocenters. The van der Waals surface area contributed by atoms with Crippen LogP contribution in [0.5, 0.6) is 0 Å². The molecule has 3 rings (SSSR count). The van der Waals surface area contributed by atoms with Gasteiger partial charge in [-0.15, -0.1) is 0 Å². The predicted octanol–water partition coefficient (Wildman–Crippen LogP) is 3.01. The Bertz CT molecular complexity index is 490. The maximum atomic E-state index is 12.6. The molecular formula is C17H23ClN2O. The van der Waals surface area contributed by atoms with Crippen molar-refractivity contribution in [2.24, 2.45) is 0 Å². The molecule has 0 radical (unpaired) electrons. The molecule has 2 fully saturated rings. The van der Waals surface area contributed by atoms with Crippen molar-refractivity contribution >= 4 is 17.5 Å². The minimum atomic E-state index is 0.242. The van der Waals surface area contributed by atoms with Crippen molar-refractivity contribution in [3.05, 3.63) is 34.9 Å². The van der Waals surface area contributed by atoms with E-state index in [4.69, 9.17) is 11.6 Å². The van der Waals surface area contributed by atoms with Crippen LogP contribution < -0.4 is 5.32 Å². The van der Waals surface area contributed by atoms with E-state index in [-0.39, 0.29) is 5.91 Å². The molecule has 2 saturated heterocycles. The number of fused-ring (bicyclic) bond motifs is 2. The van der Waals surface area contributed by atoms with Crippen LogP contribution in [0, 0.1) is 0 Å². The number of nitrogens with one attached hydrogen (secondary N) is 1. The number of carbonyl (C=O) groups excluding carboxylic acids is 1. The van der Waals surface area contributed by atoms with E-state index >= 15 is 0 Å². The van der Waals surface area contributed by atoms with Gasteiger partial charge < -0.3 is 10.2 Å². The molecule has 2 atom stereocenters. The molecular weight excluding hydrogens is 284 g/mol. The van der Waals surface area contributed by atoms with E-state index in [2.05, 4.69) is 17.1 Å². The first kappa shape index (κ1) is 14.9. The highest BCUT2D eigenvalue weighted by Gasteiger charge is 2.36. The smallest absolute Gasteiger partial charge is 0.227 e. The molecule has 21 heavy (non-hydrogen) atoms. The lowest BCUT2D eigenvalue weighted by molar-refractivity contribution is -0.133. The third kappa shape index (κ3) is 3.41. The molecule has 4 heteroatoms. The summed E-state index contributed by atoms with van der Waals surface area (Å²) < 4.78 is 0. The second kappa shape index (κ2) is 6.37. The van der Waals surface area contributed by atoms with Crippen LogP contribution >= 0.6 is 11.6 Å². The first-order chi connectivity index (χ1) is 10.2. The first-order valence-corrected chi connectivity index (χ1v) is 8.33. The summed E-state index contributed by atoms with van der Waals surface area (Å²) in [7, 11) is 0. The minimum Gasteiger partial charge on any atom is -0.340 e. The summed E-state index contributed by atoms with van der Waals surface area (Å²) in [4.78, 5) is 14.7. The largest absolute Gasteiger partial charge is 0.340 e. The van der Waals surface area contributed by atoms with Gasteiger partial charge in [-0.3, -0.25) is 4.79 Å². The number of hydrogen-bond acceptors (Lipinski definition) is 2. The van der Waals surface area contributed by atoms with Crippen molar-refractivity contribution < 1.29 is 4.79 Å². The van der Waals surface area contributed by atoms with Gasteiger partial charge in [0.25, 0.3) is 0 Å². The lowest BCUT2D eigenvalue weighted by atomic mass is 9.97. The van der Waals surface area contributed by atoms with Crippen LogP contribution in [-0.2, 0) is 11.2 Å². The maximum absolute atomic E-state index is 12.6. The Morgan fingerprint density at radius 2 is 1.86 bits per heavy atom. The van der Waals surface area contributed by atoms with Gasteiger partial charge in [0, 0.05) is 29.7 Å². The van der Waals surface area contributed by atoms with Gasteiger partial charge in [0.05, 0.1) is 6.42 Å². The Morgan fingerprint density at radius 3 is 2.43 bits per heavy atom. The molecule has 1 aromatic rings. The highest BCUT2D eigenvalue weighted by Crippen LogP contribution is 2.30. The van der Waals surface area contributed by atoms with Crippen LogP contribution in [0.2, 0.25) is 5.02 Å². The van der Waals surface area contributed by atoms with Crippen LogP contribution in [0.15, 0.2) is 24.3 Å². The Morgan fingerprint density at radius 1 is 1.24 bits per heavy atom. The SMILES string of the molecule is CCN(C(=O)Cc1ccc(Cl)cc1)C1CC2CCC(C1)N2. The Balaban J connectivity index is 1.65. The molecule has 114 valence electrons. The van der Waals surface area contributed by atoms with Gasteiger partial charge in [0.15, 0.2) is 0 Å². The summed E-state index contributed by atoms with van der Waals surface area (Å²) in [6.45, 7) is 2.89. The fourth-order valence-electron chi connectivity index (χ4n) is 3.80. The van der Waals surface area contributed by atoms with Gasteiger partial charge in [-0.25, -0.2) is 0 Å². The number of carbonyl (C=O) groups is 1. The van der Waals surface area contributed by atoms with E-state index in [1.807, 2.05) is 24.3 Å². The van der Waals surface area contributed by atoms with E-state index in [0.29, 0.717) is 29.6 Å². The van der Waals surface area contributed by atoms with Gasteiger partial charge in [-0.2, -0.15) is 0 Å². The van der Waals surface area contributed by atoms with Crippen molar-refractivity contribution in [3.8, 4) is 0 Å². The normalized spacial score (nSPS) is 27.6. The number of piperidine rings is 1. The summed E-state index contributed by atoms with van der Waals surface area (Å²) in [5.74, 6) is 0.242. The first-order valence-electron chi connectivity index (χ1n) is 7.95. The van der Waals surface area contributed by atoms with Crippen molar-refractivity contribution in [2.75, 3.05) is 6.54 Å². The quantitative estimate of drug-likeness (QED) is 0.927. The molecule has 1 aromatic carbocycles. The summed E-state index contributed by atoms with van der Waals surface area (Å²) in [6.07, 6.45) is 5.23. The maximum Gasteiger partial charge on any atom is 0.227 e. The average molecular weight is 307 g/mol. The fourth-order valence-corrected chi connectivity index (χ4v) is 3.92. The molecule has 2 aliphatic rings.